The Labute approximate surface area is 155 Å². The van der Waals surface area contributed by atoms with Gasteiger partial charge in [-0.05, 0) is 17.7 Å². The zero-order valence-electron chi connectivity index (χ0n) is 14.6. The molecule has 0 bridgehead atoms. The Hall–Kier alpha value is -3.54. The maximum absolute atomic E-state index is 14.5. The zero-order chi connectivity index (χ0) is 18.8. The van der Waals surface area contributed by atoms with Crippen LogP contribution < -0.4 is 9.47 Å². The maximum atomic E-state index is 14.5. The fraction of sp³-hybridized carbons (Fsp3) is 0.0952. The molecule has 0 fully saturated rings. The van der Waals surface area contributed by atoms with Crippen molar-refractivity contribution < 1.29 is 19.0 Å². The molecule has 4 rings (SSSR count). The third kappa shape index (κ3) is 3.29. The van der Waals surface area contributed by atoms with Crippen molar-refractivity contribution in [2.45, 2.75) is 6.61 Å². The van der Waals surface area contributed by atoms with Crippen LogP contribution in [0.4, 0.5) is 4.39 Å². The van der Waals surface area contributed by atoms with E-state index in [9.17, 15) is 9.50 Å². The predicted molar refractivity (Wildman–Crippen MR) is 100 cm³/mol. The number of hydrogen-bond donors (Lipinski definition) is 1. The number of methoxy groups -OCH3 is 1. The van der Waals surface area contributed by atoms with Gasteiger partial charge in [-0.25, -0.2) is 9.07 Å². The Balaban J connectivity index is 1.64. The van der Waals surface area contributed by atoms with Crippen molar-refractivity contribution in [3.63, 3.8) is 0 Å². The summed E-state index contributed by atoms with van der Waals surface area (Å²) >= 11 is 0. The van der Waals surface area contributed by atoms with Gasteiger partial charge in [-0.3, -0.25) is 0 Å². The minimum absolute atomic E-state index is 0.0545. The third-order valence-corrected chi connectivity index (χ3v) is 4.27. The van der Waals surface area contributed by atoms with E-state index in [2.05, 4.69) is 5.10 Å². The van der Waals surface area contributed by atoms with Crippen LogP contribution in [0.15, 0.2) is 66.9 Å². The number of hydrogen-bond acceptors (Lipinski definition) is 4. The highest BCUT2D eigenvalue weighted by Gasteiger charge is 2.13. The summed E-state index contributed by atoms with van der Waals surface area (Å²) in [5.41, 5.74) is 2.09. The molecule has 4 aromatic rings. The molecule has 27 heavy (non-hydrogen) atoms. The van der Waals surface area contributed by atoms with E-state index < -0.39 is 5.82 Å². The number of rotatable bonds is 5. The monoisotopic (exact) mass is 364 g/mol. The van der Waals surface area contributed by atoms with Gasteiger partial charge in [-0.1, -0.05) is 30.3 Å². The van der Waals surface area contributed by atoms with Gasteiger partial charge in [-0.2, -0.15) is 5.10 Å². The quantitative estimate of drug-likeness (QED) is 0.568. The van der Waals surface area contributed by atoms with Crippen LogP contribution in [-0.4, -0.2) is 22.0 Å². The summed E-state index contributed by atoms with van der Waals surface area (Å²) in [7, 11) is 1.51. The van der Waals surface area contributed by atoms with Crippen LogP contribution in [0.1, 0.15) is 5.56 Å². The zero-order valence-corrected chi connectivity index (χ0v) is 14.6. The summed E-state index contributed by atoms with van der Waals surface area (Å²) in [5.74, 6) is 0.225. The van der Waals surface area contributed by atoms with Crippen LogP contribution in [-0.2, 0) is 6.61 Å². The van der Waals surface area contributed by atoms with Crippen molar-refractivity contribution in [1.82, 2.24) is 9.78 Å². The van der Waals surface area contributed by atoms with E-state index in [-0.39, 0.29) is 18.1 Å². The molecule has 0 aliphatic rings. The molecule has 0 atom stereocenters. The number of nitrogens with zero attached hydrogens (tertiary/aromatic N) is 2. The molecular weight excluding hydrogens is 347 g/mol. The summed E-state index contributed by atoms with van der Waals surface area (Å²) in [6, 6.07) is 17.4. The van der Waals surface area contributed by atoms with Gasteiger partial charge in [-0.15, -0.1) is 0 Å². The summed E-state index contributed by atoms with van der Waals surface area (Å²) < 4.78 is 26.8. The van der Waals surface area contributed by atoms with Gasteiger partial charge >= 0.3 is 0 Å². The smallest absolute Gasteiger partial charge is 0.167 e. The van der Waals surface area contributed by atoms with Gasteiger partial charge in [0.2, 0.25) is 0 Å². The molecule has 136 valence electrons. The van der Waals surface area contributed by atoms with Gasteiger partial charge in [0.25, 0.3) is 0 Å². The average Bonchev–Trinajstić information content (AvgIpc) is 3.12. The van der Waals surface area contributed by atoms with Crippen LogP contribution in [0.2, 0.25) is 0 Å². The number of aromatic hydroxyl groups is 1. The number of benzene rings is 3. The fourth-order valence-corrected chi connectivity index (χ4v) is 2.88. The number of halogens is 1. The van der Waals surface area contributed by atoms with Crippen molar-refractivity contribution in [2.24, 2.45) is 0 Å². The van der Waals surface area contributed by atoms with Crippen molar-refractivity contribution in [3.8, 4) is 22.9 Å². The molecule has 1 aromatic heterocycles. The normalized spacial score (nSPS) is 10.9. The second-order valence-corrected chi connectivity index (χ2v) is 6.02. The first-order chi connectivity index (χ1) is 13.2. The first-order valence-electron chi connectivity index (χ1n) is 8.37. The summed E-state index contributed by atoms with van der Waals surface area (Å²) in [6.07, 6.45) is 1.53. The molecule has 0 aliphatic carbocycles. The molecule has 6 heteroatoms. The van der Waals surface area contributed by atoms with Gasteiger partial charge < -0.3 is 14.6 Å². The lowest BCUT2D eigenvalue weighted by atomic mass is 10.2. The second kappa shape index (κ2) is 6.99. The Kier molecular flexibility index (Phi) is 4.38. The topological polar surface area (TPSA) is 56.5 Å². The molecule has 0 radical (unpaired) electrons. The molecule has 0 saturated carbocycles. The third-order valence-electron chi connectivity index (χ3n) is 4.27. The number of ether oxygens (including phenoxy) is 2. The first-order valence-corrected chi connectivity index (χ1v) is 8.37. The Morgan fingerprint density at radius 2 is 1.89 bits per heavy atom. The van der Waals surface area contributed by atoms with E-state index in [1.54, 1.807) is 22.9 Å². The standard InChI is InChI=1S/C21H17FN2O3/c1-26-16-10-19-17(20(25)11-16)12-23-24(19)15-7-8-21(18(22)9-15)27-13-14-5-3-2-4-6-14/h2-12,25H,13H2,1H3. The molecule has 5 nitrogen and oxygen atoms in total. The lowest BCUT2D eigenvalue weighted by Crippen LogP contribution is -2.00. The number of phenolic OH excluding ortho intramolecular Hbond substituents is 1. The molecule has 1 N–H and O–H groups in total. The second-order valence-electron chi connectivity index (χ2n) is 6.02. The summed E-state index contributed by atoms with van der Waals surface area (Å²) in [4.78, 5) is 0. The minimum Gasteiger partial charge on any atom is -0.507 e. The lowest BCUT2D eigenvalue weighted by Gasteiger charge is -2.10. The van der Waals surface area contributed by atoms with Crippen LogP contribution >= 0.6 is 0 Å². The van der Waals surface area contributed by atoms with Crippen molar-refractivity contribution in [1.29, 1.82) is 0 Å². The van der Waals surface area contributed by atoms with Crippen LogP contribution in [0, 0.1) is 5.82 Å². The maximum Gasteiger partial charge on any atom is 0.167 e. The largest absolute Gasteiger partial charge is 0.507 e. The van der Waals surface area contributed by atoms with Gasteiger partial charge in [0.1, 0.15) is 18.1 Å². The predicted octanol–water partition coefficient (Wildman–Crippen LogP) is 4.46. The molecule has 0 spiro atoms. The number of phenols is 1. The Morgan fingerprint density at radius 1 is 1.07 bits per heavy atom. The molecule has 0 unspecified atom stereocenters. The molecule has 0 amide bonds. The van der Waals surface area contributed by atoms with E-state index in [0.717, 1.165) is 5.56 Å². The highest BCUT2D eigenvalue weighted by atomic mass is 19.1. The number of fused-ring (bicyclic) bond motifs is 1. The summed E-state index contributed by atoms with van der Waals surface area (Å²) in [6.45, 7) is 0.285. The van der Waals surface area contributed by atoms with E-state index >= 15 is 0 Å². The average molecular weight is 364 g/mol. The van der Waals surface area contributed by atoms with E-state index in [1.807, 2.05) is 30.3 Å². The molecule has 1 heterocycles. The molecular formula is C21H17FN2O3. The lowest BCUT2D eigenvalue weighted by molar-refractivity contribution is 0.290. The fourth-order valence-electron chi connectivity index (χ4n) is 2.88. The van der Waals surface area contributed by atoms with Gasteiger partial charge in [0, 0.05) is 18.2 Å². The van der Waals surface area contributed by atoms with Crippen LogP contribution in [0.3, 0.4) is 0 Å². The van der Waals surface area contributed by atoms with Crippen molar-refractivity contribution in [2.75, 3.05) is 7.11 Å². The van der Waals surface area contributed by atoms with Crippen LogP contribution in [0.25, 0.3) is 16.6 Å². The van der Waals surface area contributed by atoms with Crippen LogP contribution in [0.5, 0.6) is 17.2 Å². The Bertz CT molecular complexity index is 1090. The summed E-state index contributed by atoms with van der Waals surface area (Å²) in [5, 5.41) is 14.9. The highest BCUT2D eigenvalue weighted by molar-refractivity contribution is 5.87. The number of aromatic nitrogens is 2. The first kappa shape index (κ1) is 16.9. The van der Waals surface area contributed by atoms with E-state index in [4.69, 9.17) is 9.47 Å². The van der Waals surface area contributed by atoms with Gasteiger partial charge in [0.15, 0.2) is 11.6 Å². The van der Waals surface area contributed by atoms with E-state index in [1.165, 1.54) is 25.4 Å². The molecule has 0 saturated heterocycles. The van der Waals surface area contributed by atoms with E-state index in [0.29, 0.717) is 22.3 Å². The SMILES string of the molecule is COc1cc(O)c2cnn(-c3ccc(OCc4ccccc4)c(F)c3)c2c1. The minimum atomic E-state index is -0.487. The Morgan fingerprint density at radius 3 is 2.63 bits per heavy atom. The highest BCUT2D eigenvalue weighted by Crippen LogP contribution is 2.32. The molecule has 3 aromatic carbocycles. The van der Waals surface area contributed by atoms with Gasteiger partial charge in [0.05, 0.1) is 29.9 Å². The van der Waals surface area contributed by atoms with Crippen molar-refractivity contribution in [3.05, 3.63) is 78.2 Å². The molecule has 0 aliphatic heterocycles. The van der Waals surface area contributed by atoms with Crippen molar-refractivity contribution >= 4 is 10.9 Å².